The highest BCUT2D eigenvalue weighted by Gasteiger charge is 2.42. The quantitative estimate of drug-likeness (QED) is 0.225. The number of aromatic nitrogens is 1. The number of hydrogen-bond acceptors (Lipinski definition) is 6. The van der Waals surface area contributed by atoms with Gasteiger partial charge in [-0.25, -0.2) is 0 Å². The van der Waals surface area contributed by atoms with E-state index in [2.05, 4.69) is 10.3 Å². The molecule has 8 nitrogen and oxygen atoms in total. The number of nitro benzene ring substituents is 1. The molecule has 0 amide bonds. The lowest BCUT2D eigenvalue weighted by Crippen LogP contribution is -2.29. The van der Waals surface area contributed by atoms with Crippen LogP contribution in [0, 0.1) is 10.1 Å². The topological polar surface area (TPSA) is 93.7 Å². The van der Waals surface area contributed by atoms with Gasteiger partial charge in [0.2, 0.25) is 0 Å². The largest absolute Gasteiger partial charge is 0.497 e. The normalized spacial score (nSPS) is 17.4. The Hall–Kier alpha value is -4.24. The fourth-order valence-electron chi connectivity index (χ4n) is 4.12. The lowest BCUT2D eigenvalue weighted by Gasteiger charge is -2.26. The Bertz CT molecular complexity index is 1360. The second kappa shape index (κ2) is 8.95. The summed E-state index contributed by atoms with van der Waals surface area (Å²) in [6, 6.07) is 22.8. The first-order valence-corrected chi connectivity index (χ1v) is 11.0. The zero-order valence-corrected chi connectivity index (χ0v) is 18.9. The van der Waals surface area contributed by atoms with Gasteiger partial charge in [0, 0.05) is 35.6 Å². The van der Waals surface area contributed by atoms with Crippen LogP contribution in [0.3, 0.4) is 0 Å². The molecule has 1 aliphatic heterocycles. The van der Waals surface area contributed by atoms with Gasteiger partial charge in [-0.3, -0.25) is 15.1 Å². The second-order valence-corrected chi connectivity index (χ2v) is 8.09. The molecule has 0 bridgehead atoms. The van der Waals surface area contributed by atoms with Crippen LogP contribution in [0.5, 0.6) is 5.75 Å². The Labute approximate surface area is 201 Å². The van der Waals surface area contributed by atoms with Crippen molar-refractivity contribution in [1.29, 1.82) is 0 Å². The summed E-state index contributed by atoms with van der Waals surface area (Å²) in [4.78, 5) is 17.3. The summed E-state index contributed by atoms with van der Waals surface area (Å²) in [5.74, 6) is 1.88. The van der Waals surface area contributed by atoms with E-state index in [1.807, 2.05) is 59.5 Å². The number of rotatable bonds is 6. The Morgan fingerprint density at radius 3 is 2.71 bits per heavy atom. The number of furan rings is 1. The molecule has 2 atom stereocenters. The fraction of sp³-hybridized carbons (Fsp3) is 0.120. The van der Waals surface area contributed by atoms with Crippen LogP contribution in [-0.2, 0) is 0 Å². The number of methoxy groups -OCH3 is 1. The minimum absolute atomic E-state index is 0.00327. The number of ether oxygens (including phenoxy) is 1. The van der Waals surface area contributed by atoms with Gasteiger partial charge in [-0.15, -0.1) is 0 Å². The van der Waals surface area contributed by atoms with Gasteiger partial charge in [0.15, 0.2) is 5.11 Å². The van der Waals surface area contributed by atoms with Crippen LogP contribution in [0.15, 0.2) is 89.5 Å². The smallest absolute Gasteiger partial charge is 0.270 e. The summed E-state index contributed by atoms with van der Waals surface area (Å²) >= 11 is 5.73. The number of anilines is 1. The summed E-state index contributed by atoms with van der Waals surface area (Å²) in [6.45, 7) is 0. The first-order chi connectivity index (χ1) is 16.5. The Morgan fingerprint density at radius 1 is 1.09 bits per heavy atom. The van der Waals surface area contributed by atoms with E-state index < -0.39 is 4.92 Å². The van der Waals surface area contributed by atoms with Gasteiger partial charge in [0.25, 0.3) is 5.69 Å². The number of benzene rings is 2. The van der Waals surface area contributed by atoms with Gasteiger partial charge in [0.1, 0.15) is 23.3 Å². The van der Waals surface area contributed by atoms with Gasteiger partial charge < -0.3 is 19.4 Å². The van der Waals surface area contributed by atoms with E-state index in [-0.39, 0.29) is 17.8 Å². The zero-order valence-electron chi connectivity index (χ0n) is 18.1. The summed E-state index contributed by atoms with van der Waals surface area (Å²) in [5.41, 5.74) is 2.28. The van der Waals surface area contributed by atoms with Crippen LogP contribution in [0.25, 0.3) is 11.3 Å². The maximum absolute atomic E-state index is 11.2. The van der Waals surface area contributed by atoms with E-state index in [0.29, 0.717) is 27.9 Å². The highest BCUT2D eigenvalue weighted by atomic mass is 32.1. The minimum atomic E-state index is -0.422. The molecule has 1 N–H and O–H groups in total. The van der Waals surface area contributed by atoms with E-state index in [1.165, 1.54) is 12.1 Å². The number of nitrogens with one attached hydrogen (secondary N) is 1. The van der Waals surface area contributed by atoms with Gasteiger partial charge in [0.05, 0.1) is 23.8 Å². The molecule has 34 heavy (non-hydrogen) atoms. The van der Waals surface area contributed by atoms with E-state index in [0.717, 1.165) is 11.4 Å². The molecule has 170 valence electrons. The molecule has 0 radical (unpaired) electrons. The molecule has 3 heterocycles. The van der Waals surface area contributed by atoms with Crippen LogP contribution in [-0.4, -0.2) is 22.1 Å². The van der Waals surface area contributed by atoms with Crippen molar-refractivity contribution in [2.45, 2.75) is 12.1 Å². The maximum Gasteiger partial charge on any atom is 0.270 e. The van der Waals surface area contributed by atoms with E-state index in [4.69, 9.17) is 21.4 Å². The third-order valence-corrected chi connectivity index (χ3v) is 6.00. The highest BCUT2D eigenvalue weighted by molar-refractivity contribution is 7.80. The van der Waals surface area contributed by atoms with Crippen molar-refractivity contribution < 1.29 is 14.1 Å². The van der Waals surface area contributed by atoms with Crippen molar-refractivity contribution in [3.8, 4) is 17.1 Å². The lowest BCUT2D eigenvalue weighted by atomic mass is 10.0. The highest BCUT2D eigenvalue weighted by Crippen LogP contribution is 2.43. The number of nitro groups is 1. The molecule has 0 aliphatic carbocycles. The van der Waals surface area contributed by atoms with Crippen LogP contribution in [0.1, 0.15) is 23.5 Å². The van der Waals surface area contributed by atoms with Crippen molar-refractivity contribution in [1.82, 2.24) is 10.3 Å². The molecule has 0 unspecified atom stereocenters. The molecule has 1 fully saturated rings. The monoisotopic (exact) mass is 472 g/mol. The minimum Gasteiger partial charge on any atom is -0.497 e. The predicted molar refractivity (Wildman–Crippen MR) is 132 cm³/mol. The average molecular weight is 473 g/mol. The van der Waals surface area contributed by atoms with E-state index >= 15 is 0 Å². The summed E-state index contributed by atoms with van der Waals surface area (Å²) < 4.78 is 11.7. The molecule has 4 aromatic rings. The van der Waals surface area contributed by atoms with Crippen LogP contribution in [0.2, 0.25) is 0 Å². The SMILES string of the molecule is COc1cccc(N2C(=S)N[C@H](c3ccccn3)[C@@H]2c2ccc(-c3cccc([N+](=O)[O-])c3)o2)c1. The third kappa shape index (κ3) is 3.97. The zero-order chi connectivity index (χ0) is 23.7. The van der Waals surface area contributed by atoms with Gasteiger partial charge >= 0.3 is 0 Å². The van der Waals surface area contributed by atoms with Crippen molar-refractivity contribution in [2.24, 2.45) is 0 Å². The van der Waals surface area contributed by atoms with E-state index in [1.54, 1.807) is 25.4 Å². The van der Waals surface area contributed by atoms with Crippen LogP contribution in [0.4, 0.5) is 11.4 Å². The van der Waals surface area contributed by atoms with Crippen molar-refractivity contribution >= 4 is 28.7 Å². The van der Waals surface area contributed by atoms with E-state index in [9.17, 15) is 10.1 Å². The van der Waals surface area contributed by atoms with Gasteiger partial charge in [-0.2, -0.15) is 0 Å². The molecular formula is C25H20N4O4S. The lowest BCUT2D eigenvalue weighted by molar-refractivity contribution is -0.384. The third-order valence-electron chi connectivity index (χ3n) is 5.69. The Kier molecular flexibility index (Phi) is 5.69. The first kappa shape index (κ1) is 21.6. The standard InChI is InChI=1S/C25H20N4O4S/c1-32-19-9-5-7-17(15-19)28-24(23(27-25(28)34)20-10-2-3-13-26-20)22-12-11-21(33-22)16-6-4-8-18(14-16)29(30)31/h2-15,23-24H,1H3,(H,27,34)/t23-,24+/m1/s1. The van der Waals surface area contributed by atoms with Gasteiger partial charge in [-0.05, 0) is 48.6 Å². The molecule has 1 saturated heterocycles. The van der Waals surface area contributed by atoms with Crippen LogP contribution >= 0.6 is 12.2 Å². The number of non-ortho nitro benzene ring substituents is 1. The molecule has 2 aromatic heterocycles. The summed E-state index contributed by atoms with van der Waals surface area (Å²) in [6.07, 6.45) is 1.74. The molecule has 9 heteroatoms. The number of nitrogens with zero attached hydrogens (tertiary/aromatic N) is 3. The summed E-state index contributed by atoms with van der Waals surface area (Å²) in [5, 5.41) is 15.1. The number of pyridine rings is 1. The maximum atomic E-state index is 11.2. The van der Waals surface area contributed by atoms with Crippen molar-refractivity contribution in [2.75, 3.05) is 12.0 Å². The Balaban J connectivity index is 1.59. The molecular weight excluding hydrogens is 452 g/mol. The number of hydrogen-bond donors (Lipinski definition) is 1. The fourth-order valence-corrected chi connectivity index (χ4v) is 4.47. The molecule has 0 saturated carbocycles. The van der Waals surface area contributed by atoms with Crippen molar-refractivity contribution in [3.63, 3.8) is 0 Å². The van der Waals surface area contributed by atoms with Crippen molar-refractivity contribution in [3.05, 3.63) is 107 Å². The van der Waals surface area contributed by atoms with Crippen LogP contribution < -0.4 is 15.0 Å². The molecule has 1 aliphatic rings. The summed E-state index contributed by atoms with van der Waals surface area (Å²) in [7, 11) is 1.62. The average Bonchev–Trinajstić information content (AvgIpc) is 3.49. The molecule has 0 spiro atoms. The molecule has 2 aromatic carbocycles. The first-order valence-electron chi connectivity index (χ1n) is 10.5. The molecule has 5 rings (SSSR count). The Morgan fingerprint density at radius 2 is 1.94 bits per heavy atom. The predicted octanol–water partition coefficient (Wildman–Crippen LogP) is 5.44. The van der Waals surface area contributed by atoms with Gasteiger partial charge in [-0.1, -0.05) is 24.3 Å². The number of thiocarbonyl (C=S) groups is 1. The second-order valence-electron chi connectivity index (χ2n) is 7.71.